The molecule has 12 heteroatoms. The number of carboxylic acids is 1. The Labute approximate surface area is 223 Å². The van der Waals surface area contributed by atoms with Gasteiger partial charge in [-0.3, -0.25) is 4.79 Å². The van der Waals surface area contributed by atoms with Crippen LogP contribution in [0.15, 0.2) is 47.0 Å². The summed E-state index contributed by atoms with van der Waals surface area (Å²) < 4.78 is 12.0. The van der Waals surface area contributed by atoms with Crippen LogP contribution in [-0.4, -0.2) is 48.2 Å². The largest absolute Gasteiger partial charge is 0.480 e. The number of anilines is 2. The Morgan fingerprint density at radius 2 is 1.92 bits per heavy atom. The highest BCUT2D eigenvalue weighted by atomic mass is 35.5. The number of nitrogens with one attached hydrogen (secondary N) is 1. The van der Waals surface area contributed by atoms with Crippen molar-refractivity contribution in [3.05, 3.63) is 58.2 Å². The second-order valence-corrected chi connectivity index (χ2v) is 8.87. The number of nitrogen functional groups attached to an aromatic ring is 1. The topological polar surface area (TPSA) is 127 Å². The summed E-state index contributed by atoms with van der Waals surface area (Å²) in [5.41, 5.74) is 8.67. The van der Waals surface area contributed by atoms with Gasteiger partial charge in [0.2, 0.25) is 5.89 Å². The third kappa shape index (κ3) is 5.76. The molecule has 0 aliphatic heterocycles. The first kappa shape index (κ1) is 27.3. The summed E-state index contributed by atoms with van der Waals surface area (Å²) in [5, 5.41) is 12.4. The molecule has 0 saturated carbocycles. The normalized spacial score (nSPS) is 11.7. The number of benzene rings is 2. The Morgan fingerprint density at radius 1 is 1.22 bits per heavy atom. The molecule has 190 valence electrons. The third-order valence-corrected chi connectivity index (χ3v) is 5.85. The lowest BCUT2D eigenvalue weighted by Crippen LogP contribution is -2.35. The predicted octanol–water partition coefficient (Wildman–Crippen LogP) is 5.27. The lowest BCUT2D eigenvalue weighted by atomic mass is 10.1. The number of aromatic nitrogens is 2. The van der Waals surface area contributed by atoms with Crippen LogP contribution >= 0.6 is 35.6 Å². The van der Waals surface area contributed by atoms with E-state index in [0.717, 1.165) is 5.82 Å². The minimum Gasteiger partial charge on any atom is -0.480 e. The van der Waals surface area contributed by atoms with Crippen molar-refractivity contribution in [1.82, 2.24) is 15.3 Å². The van der Waals surface area contributed by atoms with E-state index in [1.807, 2.05) is 31.1 Å². The molecule has 0 aliphatic rings. The fraction of sp³-hybridized carbons (Fsp3) is 0.208. The molecule has 4 aromatic rings. The lowest BCUT2D eigenvalue weighted by Gasteiger charge is -2.14. The summed E-state index contributed by atoms with van der Waals surface area (Å²) in [6.07, 6.45) is 1.87. The number of oxazole rings is 1. The molecule has 9 nitrogen and oxygen atoms in total. The maximum absolute atomic E-state index is 11.3. The summed E-state index contributed by atoms with van der Waals surface area (Å²) in [6, 6.07) is 9.43. The minimum atomic E-state index is -0.977. The number of aliphatic carboxylic acids is 1. The minimum absolute atomic E-state index is 0. The van der Waals surface area contributed by atoms with E-state index in [9.17, 15) is 9.90 Å². The van der Waals surface area contributed by atoms with Gasteiger partial charge in [0.15, 0.2) is 17.1 Å². The molecule has 36 heavy (non-hydrogen) atoms. The molecule has 0 aliphatic carbocycles. The molecule has 2 heterocycles. The van der Waals surface area contributed by atoms with E-state index >= 15 is 0 Å². The number of hydrogen-bond acceptors (Lipinski definition) is 8. The Hall–Kier alpha value is -3.24. The van der Waals surface area contributed by atoms with Crippen molar-refractivity contribution in [3.63, 3.8) is 0 Å². The second kappa shape index (κ2) is 11.2. The fourth-order valence-corrected chi connectivity index (χ4v) is 4.09. The zero-order valence-electron chi connectivity index (χ0n) is 19.6. The van der Waals surface area contributed by atoms with Gasteiger partial charge in [-0.05, 0) is 49.4 Å². The highest BCUT2D eigenvalue weighted by Gasteiger charge is 2.20. The molecule has 1 atom stereocenters. The number of carboxylic acid groups (broad SMARTS) is 1. The number of pyridine rings is 1. The standard InChI is InChI=1S/C24H23Cl2N5O4.ClH/c1-28-18(24(32)33)8-12-6-15(25)21(16(26)7-12)34-19-10-14(27)9-17-22(19)35-23(30-17)13-4-5-20(29-11-13)31(2)3;/h4-7,9-11,18,28H,8,27H2,1-3H3,(H,32,33);1H/t18-;/m0./s1. The zero-order valence-corrected chi connectivity index (χ0v) is 21.9. The van der Waals surface area contributed by atoms with Crippen molar-refractivity contribution in [1.29, 1.82) is 0 Å². The molecule has 2 aromatic carbocycles. The van der Waals surface area contributed by atoms with Gasteiger partial charge in [0.1, 0.15) is 17.4 Å². The number of hydrogen-bond donors (Lipinski definition) is 3. The van der Waals surface area contributed by atoms with Gasteiger partial charge in [0.25, 0.3) is 0 Å². The number of ether oxygens (including phenoxy) is 1. The summed E-state index contributed by atoms with van der Waals surface area (Å²) in [5.74, 6) is 0.653. The van der Waals surface area contributed by atoms with Crippen molar-refractivity contribution in [2.24, 2.45) is 0 Å². The molecule has 0 fully saturated rings. The maximum atomic E-state index is 11.3. The van der Waals surface area contributed by atoms with Gasteiger partial charge in [0.05, 0.1) is 15.6 Å². The first-order chi connectivity index (χ1) is 16.7. The molecule has 0 spiro atoms. The first-order valence-corrected chi connectivity index (χ1v) is 11.3. The predicted molar refractivity (Wildman–Crippen MR) is 144 cm³/mol. The number of rotatable bonds is 8. The average Bonchev–Trinajstić information content (AvgIpc) is 3.23. The van der Waals surface area contributed by atoms with Crippen molar-refractivity contribution in [2.45, 2.75) is 12.5 Å². The molecule has 0 bridgehead atoms. The quantitative estimate of drug-likeness (QED) is 0.250. The summed E-state index contributed by atoms with van der Waals surface area (Å²) >= 11 is 12.9. The van der Waals surface area contributed by atoms with Crippen LogP contribution < -0.4 is 20.7 Å². The third-order valence-electron chi connectivity index (χ3n) is 5.29. The van der Waals surface area contributed by atoms with E-state index in [1.54, 1.807) is 37.5 Å². The summed E-state index contributed by atoms with van der Waals surface area (Å²) in [4.78, 5) is 22.1. The highest BCUT2D eigenvalue weighted by molar-refractivity contribution is 6.37. The molecule has 0 unspecified atom stereocenters. The Bertz CT molecular complexity index is 1370. The smallest absolute Gasteiger partial charge is 0.321 e. The van der Waals surface area contributed by atoms with Crippen LogP contribution in [0.3, 0.4) is 0 Å². The Morgan fingerprint density at radius 3 is 2.47 bits per heavy atom. The van der Waals surface area contributed by atoms with Crippen LogP contribution in [0.25, 0.3) is 22.6 Å². The average molecular weight is 553 g/mol. The van der Waals surface area contributed by atoms with Crippen molar-refractivity contribution >= 4 is 64.2 Å². The van der Waals surface area contributed by atoms with Crippen LogP contribution in [-0.2, 0) is 11.2 Å². The van der Waals surface area contributed by atoms with Crippen LogP contribution in [0, 0.1) is 0 Å². The first-order valence-electron chi connectivity index (χ1n) is 10.6. The van der Waals surface area contributed by atoms with Crippen LogP contribution in [0.5, 0.6) is 11.5 Å². The number of likely N-dealkylation sites (N-methyl/N-ethyl adjacent to an activating group) is 1. The molecule has 0 saturated heterocycles. The second-order valence-electron chi connectivity index (χ2n) is 8.06. The van der Waals surface area contributed by atoms with Crippen LogP contribution in [0.4, 0.5) is 11.5 Å². The zero-order chi connectivity index (χ0) is 25.3. The lowest BCUT2D eigenvalue weighted by molar-refractivity contribution is -0.139. The molecule has 2 aromatic heterocycles. The molecule has 4 rings (SSSR count). The number of nitrogens with two attached hydrogens (primary N) is 1. The van der Waals surface area contributed by atoms with E-state index in [4.69, 9.17) is 38.1 Å². The Kier molecular flexibility index (Phi) is 8.52. The molecule has 0 radical (unpaired) electrons. The Balaban J connectivity index is 0.00000361. The maximum Gasteiger partial charge on any atom is 0.321 e. The molecule has 0 amide bonds. The van der Waals surface area contributed by atoms with Gasteiger partial charge in [0, 0.05) is 32.0 Å². The van der Waals surface area contributed by atoms with Crippen molar-refractivity contribution in [3.8, 4) is 23.0 Å². The SMILES string of the molecule is CN[C@@H](Cc1cc(Cl)c(Oc2cc(N)cc3nc(-c4ccc(N(C)C)nc4)oc23)c(Cl)c1)C(=O)O.Cl. The summed E-state index contributed by atoms with van der Waals surface area (Å²) in [6.45, 7) is 0. The van der Waals surface area contributed by atoms with Gasteiger partial charge in [-0.1, -0.05) is 23.2 Å². The van der Waals surface area contributed by atoms with Gasteiger partial charge < -0.3 is 30.2 Å². The van der Waals surface area contributed by atoms with Gasteiger partial charge in [-0.2, -0.15) is 0 Å². The summed E-state index contributed by atoms with van der Waals surface area (Å²) in [7, 11) is 5.38. The molecular weight excluding hydrogens is 529 g/mol. The number of nitrogens with zero attached hydrogens (tertiary/aromatic N) is 3. The van der Waals surface area contributed by atoms with E-state index in [0.29, 0.717) is 33.8 Å². The number of halogens is 3. The number of fused-ring (bicyclic) bond motifs is 1. The van der Waals surface area contributed by atoms with E-state index in [1.165, 1.54) is 0 Å². The van der Waals surface area contributed by atoms with E-state index in [2.05, 4.69) is 15.3 Å². The van der Waals surface area contributed by atoms with Gasteiger partial charge >= 0.3 is 5.97 Å². The van der Waals surface area contributed by atoms with Crippen LogP contribution in [0.1, 0.15) is 5.56 Å². The van der Waals surface area contributed by atoms with E-state index < -0.39 is 12.0 Å². The van der Waals surface area contributed by atoms with Gasteiger partial charge in [-0.15, -0.1) is 12.4 Å². The monoisotopic (exact) mass is 551 g/mol. The molecule has 4 N–H and O–H groups in total. The highest BCUT2D eigenvalue weighted by Crippen LogP contribution is 2.41. The van der Waals surface area contributed by atoms with E-state index in [-0.39, 0.29) is 40.4 Å². The van der Waals surface area contributed by atoms with Gasteiger partial charge in [-0.25, -0.2) is 9.97 Å². The number of carbonyl (C=O) groups is 1. The van der Waals surface area contributed by atoms with Crippen LogP contribution in [0.2, 0.25) is 10.0 Å². The fourth-order valence-electron chi connectivity index (χ4n) is 3.49. The molecular formula is C24H24Cl3N5O4. The van der Waals surface area contributed by atoms with Crippen molar-refractivity contribution in [2.75, 3.05) is 31.8 Å². The van der Waals surface area contributed by atoms with Crippen molar-refractivity contribution < 1.29 is 19.1 Å².